The molecule has 1 N–H and O–H groups in total. The topological polar surface area (TPSA) is 83.7 Å². The Morgan fingerprint density at radius 2 is 2.14 bits per heavy atom. The van der Waals surface area contributed by atoms with Crippen molar-refractivity contribution in [1.82, 2.24) is 19.7 Å². The van der Waals surface area contributed by atoms with Gasteiger partial charge in [-0.3, -0.25) is 14.7 Å². The number of methoxy groups -OCH3 is 1. The first kappa shape index (κ1) is 18.9. The molecule has 1 unspecified atom stereocenters. The summed E-state index contributed by atoms with van der Waals surface area (Å²) in [5.74, 6) is 0.805. The van der Waals surface area contributed by atoms with Gasteiger partial charge in [-0.2, -0.15) is 5.10 Å². The van der Waals surface area contributed by atoms with E-state index in [1.807, 2.05) is 17.0 Å². The summed E-state index contributed by atoms with van der Waals surface area (Å²) in [6.07, 6.45) is 5.88. The van der Waals surface area contributed by atoms with Gasteiger partial charge in [-0.05, 0) is 31.9 Å². The molecule has 2 fully saturated rings. The number of likely N-dealkylation sites (tertiary alicyclic amines) is 1. The van der Waals surface area contributed by atoms with Gasteiger partial charge >= 0.3 is 0 Å². The van der Waals surface area contributed by atoms with E-state index in [0.717, 1.165) is 62.6 Å². The molecule has 2 aliphatic heterocycles. The average molecular weight is 385 g/mol. The predicted octanol–water partition coefficient (Wildman–Crippen LogP) is 1.05. The van der Waals surface area contributed by atoms with Crippen LogP contribution in [0.2, 0.25) is 0 Å². The average Bonchev–Trinajstić information content (AvgIpc) is 3.14. The summed E-state index contributed by atoms with van der Waals surface area (Å²) in [6.45, 7) is 3.81. The third kappa shape index (κ3) is 4.18. The number of nitrogens with zero attached hydrogens (tertiary/aromatic N) is 5. The zero-order valence-electron chi connectivity index (χ0n) is 16.2. The van der Waals surface area contributed by atoms with Crippen LogP contribution in [0.15, 0.2) is 35.4 Å². The predicted molar refractivity (Wildman–Crippen MR) is 106 cm³/mol. The maximum Gasteiger partial charge on any atom is 0.269 e. The Balaban J connectivity index is 1.44. The fourth-order valence-electron chi connectivity index (χ4n) is 4.10. The second-order valence-corrected chi connectivity index (χ2v) is 7.60. The number of hydrogen-bond donors (Lipinski definition) is 1. The first-order valence-electron chi connectivity index (χ1n) is 9.85. The first-order valence-corrected chi connectivity index (χ1v) is 9.85. The van der Waals surface area contributed by atoms with Crippen LogP contribution >= 0.6 is 0 Å². The van der Waals surface area contributed by atoms with E-state index in [2.05, 4.69) is 15.0 Å². The fraction of sp³-hybridized carbons (Fsp3) is 0.550. The van der Waals surface area contributed by atoms with Gasteiger partial charge in [0, 0.05) is 44.5 Å². The Morgan fingerprint density at radius 3 is 2.89 bits per heavy atom. The van der Waals surface area contributed by atoms with Gasteiger partial charge in [0.25, 0.3) is 5.56 Å². The molecule has 28 heavy (non-hydrogen) atoms. The van der Waals surface area contributed by atoms with E-state index in [1.165, 1.54) is 0 Å². The fourth-order valence-corrected chi connectivity index (χ4v) is 4.10. The third-order valence-electron chi connectivity index (χ3n) is 5.58. The van der Waals surface area contributed by atoms with Gasteiger partial charge in [0.1, 0.15) is 5.75 Å². The summed E-state index contributed by atoms with van der Waals surface area (Å²) in [5, 5.41) is 14.2. The van der Waals surface area contributed by atoms with Crippen molar-refractivity contribution in [2.75, 3.05) is 38.2 Å². The molecule has 0 aromatic carbocycles. The molecule has 0 aliphatic carbocycles. The van der Waals surface area contributed by atoms with Gasteiger partial charge < -0.3 is 14.7 Å². The minimum Gasteiger partial charge on any atom is -0.497 e. The van der Waals surface area contributed by atoms with Crippen molar-refractivity contribution in [3.63, 3.8) is 0 Å². The van der Waals surface area contributed by atoms with E-state index < -0.39 is 0 Å². The summed E-state index contributed by atoms with van der Waals surface area (Å²) in [4.78, 5) is 21.4. The Bertz CT molecular complexity index is 871. The minimum absolute atomic E-state index is 0.0603. The summed E-state index contributed by atoms with van der Waals surface area (Å²) in [6, 6.07) is 5.50. The molecule has 0 bridgehead atoms. The molecule has 2 aromatic rings. The van der Waals surface area contributed by atoms with Gasteiger partial charge in [-0.1, -0.05) is 0 Å². The maximum atomic E-state index is 12.7. The lowest BCUT2D eigenvalue weighted by Crippen LogP contribution is -2.40. The monoisotopic (exact) mass is 385 g/mol. The van der Waals surface area contributed by atoms with Crippen molar-refractivity contribution in [3.05, 3.63) is 46.6 Å². The molecule has 150 valence electrons. The molecule has 4 heterocycles. The molecular weight excluding hydrogens is 358 g/mol. The van der Waals surface area contributed by atoms with Gasteiger partial charge in [0.05, 0.1) is 36.8 Å². The highest BCUT2D eigenvalue weighted by molar-refractivity contribution is 5.44. The highest BCUT2D eigenvalue weighted by Crippen LogP contribution is 2.23. The summed E-state index contributed by atoms with van der Waals surface area (Å²) in [5.41, 5.74) is 1.68. The first-order chi connectivity index (χ1) is 13.6. The molecule has 2 saturated heterocycles. The zero-order valence-corrected chi connectivity index (χ0v) is 16.2. The molecule has 2 aliphatic rings. The lowest BCUT2D eigenvalue weighted by Gasteiger charge is -2.32. The van der Waals surface area contributed by atoms with Gasteiger partial charge in [0.2, 0.25) is 0 Å². The quantitative estimate of drug-likeness (QED) is 0.824. The lowest BCUT2D eigenvalue weighted by molar-refractivity contribution is 0.158. The van der Waals surface area contributed by atoms with Crippen molar-refractivity contribution in [1.29, 1.82) is 0 Å². The zero-order chi connectivity index (χ0) is 19.5. The van der Waals surface area contributed by atoms with E-state index in [1.54, 1.807) is 30.3 Å². The smallest absolute Gasteiger partial charge is 0.269 e. The molecular formula is C20H27N5O3. The van der Waals surface area contributed by atoms with Crippen LogP contribution < -0.4 is 15.2 Å². The van der Waals surface area contributed by atoms with Crippen molar-refractivity contribution in [2.24, 2.45) is 0 Å². The number of piperidine rings is 1. The number of rotatable bonds is 5. The number of β-amino-alcohol motifs (C(OH)–C–C–N with tert-alkyl or cyclic N) is 1. The van der Waals surface area contributed by atoms with Crippen molar-refractivity contribution in [3.8, 4) is 5.75 Å². The van der Waals surface area contributed by atoms with Gasteiger partial charge in [0.15, 0.2) is 0 Å². The number of anilines is 1. The Kier molecular flexibility index (Phi) is 5.59. The maximum absolute atomic E-state index is 12.7. The molecule has 2 atom stereocenters. The third-order valence-corrected chi connectivity index (χ3v) is 5.58. The molecule has 0 radical (unpaired) electrons. The second kappa shape index (κ2) is 8.28. The summed E-state index contributed by atoms with van der Waals surface area (Å²) >= 11 is 0. The van der Waals surface area contributed by atoms with E-state index >= 15 is 0 Å². The van der Waals surface area contributed by atoms with E-state index in [0.29, 0.717) is 6.54 Å². The normalized spacial score (nSPS) is 23.1. The molecule has 2 aromatic heterocycles. The van der Waals surface area contributed by atoms with Crippen LogP contribution in [0.25, 0.3) is 0 Å². The standard InChI is InChI=1S/C20H27N5O3/c1-28-19-4-6-21-15(9-19)12-23-7-2-3-16(13-23)25-20(27)10-17(11-22-25)24-8-5-18(26)14-24/h4,6,9-11,16,18,26H,2-3,5,7-8,12-14H2,1H3/t16?,18-/m0/s1. The van der Waals surface area contributed by atoms with Gasteiger partial charge in [-0.15, -0.1) is 0 Å². The molecule has 0 saturated carbocycles. The van der Waals surface area contributed by atoms with Crippen LogP contribution in [0, 0.1) is 0 Å². The molecule has 0 spiro atoms. The number of aliphatic hydroxyl groups is 1. The summed E-state index contributed by atoms with van der Waals surface area (Å²) < 4.78 is 6.89. The molecule has 0 amide bonds. The van der Waals surface area contributed by atoms with Crippen LogP contribution in [0.4, 0.5) is 5.69 Å². The van der Waals surface area contributed by atoms with E-state index in [-0.39, 0.29) is 17.7 Å². The second-order valence-electron chi connectivity index (χ2n) is 7.60. The van der Waals surface area contributed by atoms with Crippen molar-refractivity contribution in [2.45, 2.75) is 38.0 Å². The van der Waals surface area contributed by atoms with E-state index in [4.69, 9.17) is 4.74 Å². The van der Waals surface area contributed by atoms with Crippen molar-refractivity contribution < 1.29 is 9.84 Å². The molecule has 8 heteroatoms. The highest BCUT2D eigenvalue weighted by Gasteiger charge is 2.25. The van der Waals surface area contributed by atoms with Gasteiger partial charge in [-0.25, -0.2) is 4.68 Å². The molecule has 8 nitrogen and oxygen atoms in total. The number of aromatic nitrogens is 3. The van der Waals surface area contributed by atoms with Crippen LogP contribution in [0.3, 0.4) is 0 Å². The number of aliphatic hydroxyl groups excluding tert-OH is 1. The highest BCUT2D eigenvalue weighted by atomic mass is 16.5. The van der Waals surface area contributed by atoms with Crippen LogP contribution in [0.5, 0.6) is 5.75 Å². The Morgan fingerprint density at radius 1 is 1.25 bits per heavy atom. The van der Waals surface area contributed by atoms with Crippen LogP contribution in [-0.2, 0) is 6.54 Å². The Labute approximate surface area is 164 Å². The largest absolute Gasteiger partial charge is 0.497 e. The summed E-state index contributed by atoms with van der Waals surface area (Å²) in [7, 11) is 1.65. The van der Waals surface area contributed by atoms with E-state index in [9.17, 15) is 9.90 Å². The number of hydrogen-bond acceptors (Lipinski definition) is 7. The number of ether oxygens (including phenoxy) is 1. The lowest BCUT2D eigenvalue weighted by atomic mass is 10.1. The number of pyridine rings is 1. The van der Waals surface area contributed by atoms with Crippen LogP contribution in [-0.4, -0.2) is 64.2 Å². The minimum atomic E-state index is -0.320. The van der Waals surface area contributed by atoms with Crippen molar-refractivity contribution >= 4 is 5.69 Å². The SMILES string of the molecule is COc1ccnc(CN2CCCC(n3ncc(N4CC[C@H](O)C4)cc3=O)C2)c1. The molecule has 4 rings (SSSR count). The van der Waals surface area contributed by atoms with Crippen LogP contribution in [0.1, 0.15) is 31.0 Å². The Hall–Kier alpha value is -2.45.